The minimum Gasteiger partial charge on any atom is -0.396 e. The monoisotopic (exact) mass is 490 g/mol. The summed E-state index contributed by atoms with van der Waals surface area (Å²) in [5.74, 6) is 0.753. The number of benzene rings is 1. The van der Waals surface area contributed by atoms with E-state index < -0.39 is 0 Å². The Morgan fingerprint density at radius 1 is 1.17 bits per heavy atom. The van der Waals surface area contributed by atoms with Crippen molar-refractivity contribution < 1.29 is 9.50 Å². The Labute approximate surface area is 212 Å². The fourth-order valence-corrected chi connectivity index (χ4v) is 5.26. The minimum absolute atomic E-state index is 0.0273. The lowest BCUT2D eigenvalue weighted by Gasteiger charge is -2.28. The van der Waals surface area contributed by atoms with Crippen molar-refractivity contribution in [3.63, 3.8) is 0 Å². The maximum absolute atomic E-state index is 13.9. The number of fused-ring (bicyclic) bond motifs is 1. The van der Waals surface area contributed by atoms with E-state index in [0.29, 0.717) is 25.2 Å². The molecule has 1 aromatic carbocycles. The van der Waals surface area contributed by atoms with E-state index >= 15 is 0 Å². The molecule has 4 N–H and O–H groups in total. The summed E-state index contributed by atoms with van der Waals surface area (Å²) in [7, 11) is 2.16. The van der Waals surface area contributed by atoms with E-state index in [1.54, 1.807) is 18.5 Å². The fraction of sp³-hybridized carbons (Fsp3) is 0.429. The van der Waals surface area contributed by atoms with Crippen molar-refractivity contribution in [1.29, 1.82) is 5.41 Å². The number of rotatable bonds is 4. The molecule has 1 aliphatic heterocycles. The van der Waals surface area contributed by atoms with Crippen LogP contribution < -0.4 is 5.73 Å². The van der Waals surface area contributed by atoms with Crippen LogP contribution in [-0.4, -0.2) is 57.4 Å². The van der Waals surface area contributed by atoms with Gasteiger partial charge in [-0.1, -0.05) is 12.1 Å². The molecule has 1 saturated heterocycles. The number of piperidine rings is 1. The summed E-state index contributed by atoms with van der Waals surface area (Å²) in [6.45, 7) is 4.65. The number of aliphatic hydroxyl groups excluding tert-OH is 1. The van der Waals surface area contributed by atoms with E-state index in [1.165, 1.54) is 38.1 Å². The average Bonchev–Trinajstić information content (AvgIpc) is 2.86. The molecule has 0 bridgehead atoms. The van der Waals surface area contributed by atoms with Crippen LogP contribution in [0.5, 0.6) is 0 Å². The van der Waals surface area contributed by atoms with Crippen LogP contribution in [0, 0.1) is 24.1 Å². The summed E-state index contributed by atoms with van der Waals surface area (Å²) in [5.41, 5.74) is 11.3. The zero-order valence-electron chi connectivity index (χ0n) is 21.0. The Balaban J connectivity index is 0.000000256. The zero-order valence-corrected chi connectivity index (χ0v) is 21.0. The molecule has 190 valence electrons. The number of aryl methyl sites for hydroxylation is 1. The van der Waals surface area contributed by atoms with E-state index in [1.807, 2.05) is 19.1 Å². The van der Waals surface area contributed by atoms with E-state index in [4.69, 9.17) is 16.2 Å². The van der Waals surface area contributed by atoms with Crippen LogP contribution in [0.25, 0.3) is 11.1 Å². The molecule has 3 aromatic rings. The van der Waals surface area contributed by atoms with Crippen LogP contribution in [-0.2, 0) is 6.42 Å². The summed E-state index contributed by atoms with van der Waals surface area (Å²) < 4.78 is 13.9. The second-order valence-corrected chi connectivity index (χ2v) is 9.80. The molecule has 0 spiro atoms. The highest BCUT2D eigenvalue weighted by Crippen LogP contribution is 2.38. The Morgan fingerprint density at radius 3 is 2.64 bits per heavy atom. The molecule has 1 atom stereocenters. The number of halogens is 1. The number of nitrogens with zero attached hydrogens (tertiary/aromatic N) is 4. The first-order valence-electron chi connectivity index (χ1n) is 12.6. The number of anilines is 1. The second kappa shape index (κ2) is 11.7. The van der Waals surface area contributed by atoms with Crippen molar-refractivity contribution >= 4 is 11.7 Å². The van der Waals surface area contributed by atoms with Crippen LogP contribution in [0.2, 0.25) is 0 Å². The lowest BCUT2D eigenvalue weighted by atomic mass is 9.78. The van der Waals surface area contributed by atoms with Gasteiger partial charge >= 0.3 is 0 Å². The largest absolute Gasteiger partial charge is 0.396 e. The lowest BCUT2D eigenvalue weighted by Crippen LogP contribution is -2.30. The third kappa shape index (κ3) is 6.12. The number of aromatic nitrogens is 3. The van der Waals surface area contributed by atoms with Crippen molar-refractivity contribution in [2.75, 3.05) is 32.5 Å². The predicted octanol–water partition coefficient (Wildman–Crippen LogP) is 4.38. The van der Waals surface area contributed by atoms with Crippen LogP contribution in [0.1, 0.15) is 54.1 Å². The average molecular weight is 491 g/mol. The molecule has 2 aliphatic rings. The van der Waals surface area contributed by atoms with Crippen molar-refractivity contribution in [3.05, 3.63) is 71.1 Å². The van der Waals surface area contributed by atoms with E-state index in [2.05, 4.69) is 26.9 Å². The summed E-state index contributed by atoms with van der Waals surface area (Å²) in [4.78, 5) is 15.0. The zero-order chi connectivity index (χ0) is 25.7. The molecule has 3 heterocycles. The third-order valence-corrected chi connectivity index (χ3v) is 7.18. The summed E-state index contributed by atoms with van der Waals surface area (Å²) >= 11 is 0. The van der Waals surface area contributed by atoms with Gasteiger partial charge in [-0.05, 0) is 100 Å². The number of nitrogens with two attached hydrogens (primary N) is 1. The van der Waals surface area contributed by atoms with Gasteiger partial charge in [0.25, 0.3) is 0 Å². The van der Waals surface area contributed by atoms with Crippen LogP contribution in [0.15, 0.2) is 42.7 Å². The number of hydrogen-bond donors (Lipinski definition) is 3. The van der Waals surface area contributed by atoms with Gasteiger partial charge in [-0.15, -0.1) is 0 Å². The first kappa shape index (κ1) is 25.9. The van der Waals surface area contributed by atoms with E-state index in [9.17, 15) is 4.39 Å². The molecule has 36 heavy (non-hydrogen) atoms. The minimum atomic E-state index is -0.290. The Kier molecular flexibility index (Phi) is 8.38. The van der Waals surface area contributed by atoms with Gasteiger partial charge < -0.3 is 21.1 Å². The first-order chi connectivity index (χ1) is 17.4. The summed E-state index contributed by atoms with van der Waals surface area (Å²) in [6.07, 6.45) is 8.17. The van der Waals surface area contributed by atoms with Gasteiger partial charge in [0.1, 0.15) is 5.82 Å². The van der Waals surface area contributed by atoms with Gasteiger partial charge in [0, 0.05) is 35.8 Å². The van der Waals surface area contributed by atoms with Gasteiger partial charge in [-0.3, -0.25) is 4.98 Å². The molecular weight excluding hydrogens is 455 g/mol. The standard InChI is InChI=1S/C20H18FN5.C8H17NO/c1-11-19-17(22)7-13(8-18(19)26-20(23)25-11)15-5-4-14(21)9-16(15)12-3-2-6-24-10-12;1-9-5-2-8(3-6-9)4-7-10/h2-6,9-10,13,22H,7-8H2,1H3,(H2,23,25,26);8,10H,2-7H2,1H3. The fourth-order valence-electron chi connectivity index (χ4n) is 5.26. The highest BCUT2D eigenvalue weighted by atomic mass is 19.1. The molecule has 0 saturated carbocycles. The molecule has 1 aliphatic carbocycles. The third-order valence-electron chi connectivity index (χ3n) is 7.18. The normalized spacial score (nSPS) is 18.3. The van der Waals surface area contributed by atoms with Gasteiger partial charge in [0.05, 0.1) is 11.4 Å². The maximum Gasteiger partial charge on any atom is 0.220 e. The molecule has 7 nitrogen and oxygen atoms in total. The molecule has 0 amide bonds. The molecule has 0 radical (unpaired) electrons. The maximum atomic E-state index is 13.9. The highest BCUT2D eigenvalue weighted by Gasteiger charge is 2.29. The van der Waals surface area contributed by atoms with Crippen molar-refractivity contribution in [2.45, 2.75) is 44.9 Å². The van der Waals surface area contributed by atoms with Gasteiger partial charge in [-0.2, -0.15) is 0 Å². The number of nitrogen functional groups attached to an aromatic ring is 1. The predicted molar refractivity (Wildman–Crippen MR) is 141 cm³/mol. The molecular formula is C28H35FN6O. The van der Waals surface area contributed by atoms with Crippen molar-refractivity contribution in [3.8, 4) is 11.1 Å². The van der Waals surface area contributed by atoms with Gasteiger partial charge in [0.2, 0.25) is 5.95 Å². The number of pyridine rings is 1. The number of likely N-dealkylation sites (tertiary alicyclic amines) is 1. The van der Waals surface area contributed by atoms with Gasteiger partial charge in [0.15, 0.2) is 0 Å². The van der Waals surface area contributed by atoms with Crippen molar-refractivity contribution in [2.24, 2.45) is 5.92 Å². The molecule has 8 heteroatoms. The molecule has 5 rings (SSSR count). The molecule has 1 unspecified atom stereocenters. The Hall–Kier alpha value is -3.23. The first-order valence-corrected chi connectivity index (χ1v) is 12.6. The summed E-state index contributed by atoms with van der Waals surface area (Å²) in [5, 5.41) is 17.1. The second-order valence-electron chi connectivity index (χ2n) is 9.80. The SMILES string of the molecule is CN1CCC(CCO)CC1.Cc1nc(N)nc2c1C(=N)CC(c1ccc(F)cc1-c1cccnc1)C2. The molecule has 2 aromatic heterocycles. The number of aliphatic hydroxyl groups is 1. The van der Waals surface area contributed by atoms with Crippen LogP contribution >= 0.6 is 0 Å². The van der Waals surface area contributed by atoms with Gasteiger partial charge in [-0.25, -0.2) is 14.4 Å². The highest BCUT2D eigenvalue weighted by molar-refractivity contribution is 6.01. The topological polar surface area (TPSA) is 112 Å². The van der Waals surface area contributed by atoms with Crippen LogP contribution in [0.3, 0.4) is 0 Å². The Bertz CT molecular complexity index is 1190. The molecule has 1 fully saturated rings. The lowest BCUT2D eigenvalue weighted by molar-refractivity contribution is 0.180. The van der Waals surface area contributed by atoms with Crippen molar-refractivity contribution in [1.82, 2.24) is 19.9 Å². The Morgan fingerprint density at radius 2 is 1.94 bits per heavy atom. The van der Waals surface area contributed by atoms with E-state index in [-0.39, 0.29) is 17.7 Å². The van der Waals surface area contributed by atoms with Crippen LogP contribution in [0.4, 0.5) is 10.3 Å². The number of nitrogens with one attached hydrogen (secondary N) is 1. The quantitative estimate of drug-likeness (QED) is 0.501. The van der Waals surface area contributed by atoms with E-state index in [0.717, 1.165) is 46.0 Å². The smallest absolute Gasteiger partial charge is 0.220 e. The number of hydrogen-bond acceptors (Lipinski definition) is 7. The summed E-state index contributed by atoms with van der Waals surface area (Å²) in [6, 6.07) is 8.55.